The van der Waals surface area contributed by atoms with E-state index >= 15 is 0 Å². The Hall–Kier alpha value is -4.13. The summed E-state index contributed by atoms with van der Waals surface area (Å²) in [7, 11) is 6.75. The molecule has 1 saturated carbocycles. The number of aliphatic hydroxyl groups is 3. The van der Waals surface area contributed by atoms with Crippen LogP contribution in [0.3, 0.4) is 0 Å². The van der Waals surface area contributed by atoms with Gasteiger partial charge in [-0.2, -0.15) is 0 Å². The number of ketones is 2. The first-order valence-electron chi connectivity index (χ1n) is 13.8. The molecule has 1 fully saturated rings. The molecule has 5 rings (SSSR count). The topological polar surface area (TPSA) is 190 Å². The number of furan rings is 1. The second-order valence-corrected chi connectivity index (χ2v) is 11.5. The number of nitrogens with one attached hydrogen (secondary N) is 1. The molecule has 7 N–H and O–H groups in total. The average molecular weight is 581 g/mol. The Morgan fingerprint density at radius 3 is 2.45 bits per heavy atom. The molecule has 42 heavy (non-hydrogen) atoms. The molecule has 2 aromatic rings. The van der Waals surface area contributed by atoms with Crippen LogP contribution >= 0.6 is 0 Å². The molecule has 3 aliphatic rings. The van der Waals surface area contributed by atoms with Gasteiger partial charge >= 0.3 is 0 Å². The molecule has 0 saturated heterocycles. The van der Waals surface area contributed by atoms with Crippen LogP contribution in [0.2, 0.25) is 0 Å². The van der Waals surface area contributed by atoms with E-state index in [-0.39, 0.29) is 29.7 Å². The van der Waals surface area contributed by atoms with Gasteiger partial charge in [-0.25, -0.2) is 0 Å². The molecule has 1 aromatic carbocycles. The van der Waals surface area contributed by atoms with Gasteiger partial charge in [-0.1, -0.05) is 6.92 Å². The summed E-state index contributed by atoms with van der Waals surface area (Å²) < 4.78 is 5.96. The first kappa shape index (κ1) is 29.4. The number of aliphatic hydroxyl groups excluding tert-OH is 2. The lowest BCUT2D eigenvalue weighted by Gasteiger charge is -2.50. The van der Waals surface area contributed by atoms with Gasteiger partial charge in [0.1, 0.15) is 34.4 Å². The van der Waals surface area contributed by atoms with Gasteiger partial charge in [-0.3, -0.25) is 19.3 Å². The highest BCUT2D eigenvalue weighted by molar-refractivity contribution is 6.24. The second-order valence-electron chi connectivity index (χ2n) is 11.5. The first-order chi connectivity index (χ1) is 19.7. The Morgan fingerprint density at radius 2 is 1.86 bits per heavy atom. The van der Waals surface area contributed by atoms with Gasteiger partial charge in [0.2, 0.25) is 5.78 Å². The van der Waals surface area contributed by atoms with Crippen LogP contribution < -0.4 is 16.0 Å². The van der Waals surface area contributed by atoms with Gasteiger partial charge in [0, 0.05) is 31.3 Å². The van der Waals surface area contributed by atoms with E-state index in [9.17, 15) is 34.8 Å². The maximum atomic E-state index is 14.1. The minimum Gasteiger partial charge on any atom is -0.508 e. The van der Waals surface area contributed by atoms with E-state index in [1.165, 1.54) is 4.90 Å². The number of phenolic OH excluding ortho intramolecular Hbond substituents is 1. The van der Waals surface area contributed by atoms with Gasteiger partial charge in [-0.15, -0.1) is 0 Å². The molecule has 1 amide bonds. The highest BCUT2D eigenvalue weighted by Gasteiger charge is 2.64. The molecule has 0 bridgehead atoms. The molecular weight excluding hydrogens is 544 g/mol. The minimum absolute atomic E-state index is 0.0112. The van der Waals surface area contributed by atoms with E-state index in [0.29, 0.717) is 34.9 Å². The van der Waals surface area contributed by atoms with Crippen molar-refractivity contribution in [3.63, 3.8) is 0 Å². The Morgan fingerprint density at radius 1 is 1.17 bits per heavy atom. The number of nitrogens with two attached hydrogens (primary N) is 1. The number of carbonyl (C=O) groups is 3. The van der Waals surface area contributed by atoms with E-state index < -0.39 is 58.0 Å². The van der Waals surface area contributed by atoms with Crippen LogP contribution in [0.1, 0.15) is 30.2 Å². The van der Waals surface area contributed by atoms with E-state index in [1.54, 1.807) is 32.3 Å². The summed E-state index contributed by atoms with van der Waals surface area (Å²) >= 11 is 0. The van der Waals surface area contributed by atoms with Crippen LogP contribution in [0.5, 0.6) is 5.75 Å². The van der Waals surface area contributed by atoms with E-state index in [1.807, 2.05) is 25.9 Å². The van der Waals surface area contributed by atoms with Crippen LogP contribution in [0.15, 0.2) is 39.5 Å². The summed E-state index contributed by atoms with van der Waals surface area (Å²) in [5.41, 5.74) is 3.21. The number of rotatable bonds is 7. The lowest BCUT2D eigenvalue weighted by molar-refractivity contribution is -0.153. The number of benzene rings is 1. The lowest BCUT2D eigenvalue weighted by atomic mass is 9.57. The van der Waals surface area contributed by atoms with Crippen LogP contribution in [-0.4, -0.2) is 89.2 Å². The van der Waals surface area contributed by atoms with Crippen LogP contribution in [0.4, 0.5) is 5.69 Å². The van der Waals surface area contributed by atoms with Crippen molar-refractivity contribution in [1.82, 2.24) is 10.2 Å². The van der Waals surface area contributed by atoms with Crippen molar-refractivity contribution >= 4 is 28.9 Å². The van der Waals surface area contributed by atoms with Crippen LogP contribution in [0, 0.1) is 11.8 Å². The third-order valence-electron chi connectivity index (χ3n) is 8.66. The van der Waals surface area contributed by atoms with E-state index in [0.717, 1.165) is 6.54 Å². The minimum atomic E-state index is -2.69. The maximum Gasteiger partial charge on any atom is 0.255 e. The predicted molar refractivity (Wildman–Crippen MR) is 154 cm³/mol. The van der Waals surface area contributed by atoms with Crippen molar-refractivity contribution in [3.8, 4) is 17.1 Å². The second kappa shape index (κ2) is 10.3. The van der Waals surface area contributed by atoms with Gasteiger partial charge in [0.15, 0.2) is 11.4 Å². The van der Waals surface area contributed by atoms with Gasteiger partial charge in [-0.05, 0) is 63.2 Å². The summed E-state index contributed by atoms with van der Waals surface area (Å²) in [6.45, 7) is 3.19. The fourth-order valence-corrected chi connectivity index (χ4v) is 6.74. The predicted octanol–water partition coefficient (Wildman–Crippen LogP) is 1.40. The Labute approximate surface area is 242 Å². The summed E-state index contributed by atoms with van der Waals surface area (Å²) in [4.78, 5) is 42.9. The maximum absolute atomic E-state index is 14.1. The number of primary amides is 1. The van der Waals surface area contributed by atoms with Crippen molar-refractivity contribution in [2.75, 3.05) is 39.6 Å². The average Bonchev–Trinajstić information content (AvgIpc) is 3.37. The van der Waals surface area contributed by atoms with Crippen molar-refractivity contribution in [2.45, 2.75) is 38.0 Å². The highest BCUT2D eigenvalue weighted by Crippen LogP contribution is 2.55. The van der Waals surface area contributed by atoms with Crippen LogP contribution in [-0.2, 0) is 27.3 Å². The fourth-order valence-electron chi connectivity index (χ4n) is 6.74. The number of amides is 1. The number of likely N-dealkylation sites (N-methyl/N-ethyl adjacent to an activating group) is 1. The molecule has 0 spiro atoms. The van der Waals surface area contributed by atoms with Gasteiger partial charge < -0.3 is 40.8 Å². The molecule has 0 unspecified atom stereocenters. The normalized spacial score (nSPS) is 25.5. The zero-order valence-electron chi connectivity index (χ0n) is 24.2. The van der Waals surface area contributed by atoms with E-state index in [4.69, 9.17) is 10.2 Å². The standard InChI is InChI=1S/C30H36N4O8/c1-6-32-12-14-7-8-19(42-14)16-11-18(33(2)3)15-9-13-10-17-23(34(4)5)26(37)22(29(31)40)28(39)30(17,41)27(38)20(13)25(36)21(15)24(16)35/h7-8,11,13,17,23,32,35-36,39,41H,6,9-10,12H2,1-5H3,(H2,31,40)/t13-,17-,23-,30-/m0/s1. The largest absolute Gasteiger partial charge is 0.508 e. The highest BCUT2D eigenvalue weighted by atomic mass is 16.4. The van der Waals surface area contributed by atoms with E-state index in [2.05, 4.69) is 5.32 Å². The Kier molecular flexibility index (Phi) is 7.20. The molecule has 0 radical (unpaired) electrons. The van der Waals surface area contributed by atoms with Crippen molar-refractivity contribution in [3.05, 3.63) is 52.0 Å². The van der Waals surface area contributed by atoms with Gasteiger partial charge in [0.25, 0.3) is 5.91 Å². The van der Waals surface area contributed by atoms with Crippen molar-refractivity contribution in [1.29, 1.82) is 0 Å². The lowest BCUT2D eigenvalue weighted by Crippen LogP contribution is -2.65. The summed E-state index contributed by atoms with van der Waals surface area (Å²) in [6, 6.07) is 4.10. The number of phenols is 1. The SMILES string of the molecule is CCNCc1ccc(-c2cc(N(C)C)c3c(c2O)C(O)=C2C(=O)[C@]4(O)C(O)=C(C(N)=O)C(=O)[C@@H](N(C)C)[C@@H]4C[C@@H]2C3)o1. The third kappa shape index (κ3) is 4.12. The van der Waals surface area contributed by atoms with Crippen LogP contribution in [0.25, 0.3) is 17.1 Å². The molecule has 1 heterocycles. The summed E-state index contributed by atoms with van der Waals surface area (Å²) in [6.07, 6.45) is 0.215. The number of fused-ring (bicyclic) bond motifs is 3. The number of anilines is 1. The quantitative estimate of drug-likeness (QED) is 0.260. The van der Waals surface area contributed by atoms with Crippen molar-refractivity contribution < 1.29 is 39.2 Å². The zero-order valence-corrected chi connectivity index (χ0v) is 24.2. The number of aromatic hydroxyl groups is 1. The summed E-state index contributed by atoms with van der Waals surface area (Å²) in [5, 5.41) is 49.2. The fraction of sp³-hybridized carbons (Fsp3) is 0.433. The number of hydrogen-bond acceptors (Lipinski definition) is 11. The third-order valence-corrected chi connectivity index (χ3v) is 8.66. The molecule has 12 heteroatoms. The van der Waals surface area contributed by atoms with Gasteiger partial charge in [0.05, 0.1) is 23.7 Å². The number of carbonyl (C=O) groups excluding carboxylic acids is 3. The monoisotopic (exact) mass is 580 g/mol. The Bertz CT molecular complexity index is 1570. The smallest absolute Gasteiger partial charge is 0.255 e. The number of nitrogens with zero attached hydrogens (tertiary/aromatic N) is 2. The molecular formula is C30H36N4O8. The molecule has 224 valence electrons. The van der Waals surface area contributed by atoms with Crippen molar-refractivity contribution in [2.24, 2.45) is 17.6 Å². The molecule has 12 nitrogen and oxygen atoms in total. The molecule has 3 aliphatic carbocycles. The molecule has 4 atom stereocenters. The number of Topliss-reactive ketones (excluding diaryl/α,β-unsaturated/α-hetero) is 2. The molecule has 0 aliphatic heterocycles. The number of hydrogen-bond donors (Lipinski definition) is 6. The summed E-state index contributed by atoms with van der Waals surface area (Å²) in [5.74, 6) is -5.89. The zero-order chi connectivity index (χ0) is 30.8. The Balaban J connectivity index is 1.72. The first-order valence-corrected chi connectivity index (χ1v) is 13.8. The molecule has 1 aromatic heterocycles.